The summed E-state index contributed by atoms with van der Waals surface area (Å²) in [5.74, 6) is -1.63. The Kier molecular flexibility index (Phi) is 5.47. The van der Waals surface area contributed by atoms with Gasteiger partial charge in [0.05, 0.1) is 4.92 Å². The van der Waals surface area contributed by atoms with Gasteiger partial charge < -0.3 is 10.6 Å². The molecule has 0 aliphatic carbocycles. The van der Waals surface area contributed by atoms with Crippen molar-refractivity contribution < 1.29 is 14.5 Å². The van der Waals surface area contributed by atoms with Crippen molar-refractivity contribution in [2.75, 3.05) is 5.32 Å². The Morgan fingerprint density at radius 3 is 2.26 bits per heavy atom. The van der Waals surface area contributed by atoms with Gasteiger partial charge in [0.25, 0.3) is 5.69 Å². The fourth-order valence-electron chi connectivity index (χ4n) is 2.62. The van der Waals surface area contributed by atoms with Crippen molar-refractivity contribution in [3.63, 3.8) is 0 Å². The number of benzene rings is 1. The molecular formula is C16H23N3O4. The van der Waals surface area contributed by atoms with E-state index in [4.69, 9.17) is 0 Å². The van der Waals surface area contributed by atoms with E-state index in [1.807, 2.05) is 34.6 Å². The van der Waals surface area contributed by atoms with E-state index >= 15 is 0 Å². The zero-order valence-corrected chi connectivity index (χ0v) is 14.1. The molecule has 1 aromatic carbocycles. The fraction of sp³-hybridized carbons (Fsp3) is 0.500. The summed E-state index contributed by atoms with van der Waals surface area (Å²) in [4.78, 5) is 34.1. The summed E-state index contributed by atoms with van der Waals surface area (Å²) >= 11 is 0. The Hall–Kier alpha value is -2.44. The predicted octanol–water partition coefficient (Wildman–Crippen LogP) is 2.86. The van der Waals surface area contributed by atoms with Crippen LogP contribution >= 0.6 is 0 Å². The Morgan fingerprint density at radius 2 is 1.74 bits per heavy atom. The average molecular weight is 321 g/mol. The molecule has 0 bridgehead atoms. The van der Waals surface area contributed by atoms with E-state index in [1.54, 1.807) is 0 Å². The molecular weight excluding hydrogens is 298 g/mol. The zero-order valence-electron chi connectivity index (χ0n) is 14.1. The lowest BCUT2D eigenvalue weighted by atomic mass is 9.82. The summed E-state index contributed by atoms with van der Waals surface area (Å²) < 4.78 is 0. The lowest BCUT2D eigenvalue weighted by Crippen LogP contribution is -2.49. The molecule has 0 aromatic heterocycles. The Balaban J connectivity index is 2.73. The largest absolute Gasteiger partial charge is 0.343 e. The second kappa shape index (κ2) is 6.76. The van der Waals surface area contributed by atoms with Crippen LogP contribution in [0.25, 0.3) is 0 Å². The third-order valence-electron chi connectivity index (χ3n) is 2.95. The molecule has 7 nitrogen and oxygen atoms in total. The van der Waals surface area contributed by atoms with Gasteiger partial charge in [0.2, 0.25) is 0 Å². The van der Waals surface area contributed by atoms with Crippen LogP contribution in [0.4, 0.5) is 11.4 Å². The van der Waals surface area contributed by atoms with E-state index in [0.29, 0.717) is 6.42 Å². The highest BCUT2D eigenvalue weighted by atomic mass is 16.6. The van der Waals surface area contributed by atoms with Crippen molar-refractivity contribution in [3.8, 4) is 0 Å². The Bertz CT molecular complexity index is 618. The van der Waals surface area contributed by atoms with Crippen LogP contribution in [-0.4, -0.2) is 22.3 Å². The number of amides is 2. The van der Waals surface area contributed by atoms with Gasteiger partial charge in [-0.1, -0.05) is 26.8 Å². The maximum atomic E-state index is 12.0. The van der Waals surface area contributed by atoms with Crippen molar-refractivity contribution in [1.82, 2.24) is 5.32 Å². The van der Waals surface area contributed by atoms with Crippen LogP contribution in [-0.2, 0) is 9.59 Å². The lowest BCUT2D eigenvalue weighted by Gasteiger charge is -2.33. The van der Waals surface area contributed by atoms with Crippen LogP contribution in [0.3, 0.4) is 0 Å². The minimum absolute atomic E-state index is 0.00665. The third kappa shape index (κ3) is 6.46. The van der Waals surface area contributed by atoms with Crippen LogP contribution in [0.15, 0.2) is 24.3 Å². The first-order valence-corrected chi connectivity index (χ1v) is 7.28. The fourth-order valence-corrected chi connectivity index (χ4v) is 2.62. The molecule has 0 atom stereocenters. The van der Waals surface area contributed by atoms with Crippen molar-refractivity contribution in [2.45, 2.75) is 46.6 Å². The molecule has 0 aliphatic rings. The number of nitro groups is 1. The highest BCUT2D eigenvalue weighted by Crippen LogP contribution is 2.26. The molecule has 0 heterocycles. The van der Waals surface area contributed by atoms with Gasteiger partial charge >= 0.3 is 11.8 Å². The molecule has 0 saturated carbocycles. The number of hydrogen-bond acceptors (Lipinski definition) is 4. The van der Waals surface area contributed by atoms with Crippen LogP contribution in [0.1, 0.15) is 41.0 Å². The van der Waals surface area contributed by atoms with Gasteiger partial charge in [-0.25, -0.2) is 0 Å². The Labute approximate surface area is 135 Å². The van der Waals surface area contributed by atoms with Gasteiger partial charge in [-0.05, 0) is 31.7 Å². The van der Waals surface area contributed by atoms with E-state index < -0.39 is 22.3 Å². The minimum Gasteiger partial charge on any atom is -0.343 e. The van der Waals surface area contributed by atoms with Crippen molar-refractivity contribution >= 4 is 23.2 Å². The maximum Gasteiger partial charge on any atom is 0.313 e. The molecule has 0 fully saturated rings. The maximum absolute atomic E-state index is 12.0. The molecule has 0 aliphatic heterocycles. The molecule has 23 heavy (non-hydrogen) atoms. The molecule has 7 heteroatoms. The van der Waals surface area contributed by atoms with E-state index in [0.717, 1.165) is 0 Å². The number of nitrogens with one attached hydrogen (secondary N) is 2. The highest BCUT2D eigenvalue weighted by molar-refractivity contribution is 6.39. The monoisotopic (exact) mass is 321 g/mol. The Morgan fingerprint density at radius 1 is 1.13 bits per heavy atom. The van der Waals surface area contributed by atoms with Gasteiger partial charge in [-0.3, -0.25) is 19.7 Å². The number of carbonyl (C=O) groups excluding carboxylic acids is 2. The quantitative estimate of drug-likeness (QED) is 0.506. The first kappa shape index (κ1) is 18.6. The molecule has 2 N–H and O–H groups in total. The number of rotatable bonds is 4. The molecule has 2 amide bonds. The van der Waals surface area contributed by atoms with Crippen molar-refractivity contribution in [3.05, 3.63) is 34.4 Å². The van der Waals surface area contributed by atoms with Gasteiger partial charge in [-0.2, -0.15) is 0 Å². The standard InChI is InChI=1S/C16H23N3O4/c1-15(2,3)10-16(4,5)18-14(21)13(20)17-11-7-6-8-12(9-11)19(22)23/h6-9H,10H2,1-5H3,(H,17,20)(H,18,21). The first-order chi connectivity index (χ1) is 10.4. The topological polar surface area (TPSA) is 101 Å². The van der Waals surface area contributed by atoms with E-state index in [9.17, 15) is 19.7 Å². The summed E-state index contributed by atoms with van der Waals surface area (Å²) in [6, 6.07) is 5.43. The molecule has 1 aromatic rings. The summed E-state index contributed by atoms with van der Waals surface area (Å²) in [7, 11) is 0. The van der Waals surface area contributed by atoms with Crippen LogP contribution in [0.5, 0.6) is 0 Å². The van der Waals surface area contributed by atoms with Crippen molar-refractivity contribution in [1.29, 1.82) is 0 Å². The average Bonchev–Trinajstić information content (AvgIpc) is 2.35. The zero-order chi connectivity index (χ0) is 17.8. The molecule has 0 spiro atoms. The van der Waals surface area contributed by atoms with Crippen LogP contribution in [0.2, 0.25) is 0 Å². The van der Waals surface area contributed by atoms with Crippen molar-refractivity contribution in [2.24, 2.45) is 5.41 Å². The molecule has 0 unspecified atom stereocenters. The summed E-state index contributed by atoms with van der Waals surface area (Å²) in [5.41, 5.74) is -0.507. The number of nitro benzene ring substituents is 1. The van der Waals surface area contributed by atoms with E-state index in [-0.39, 0.29) is 16.8 Å². The first-order valence-electron chi connectivity index (χ1n) is 7.28. The minimum atomic E-state index is -0.854. The lowest BCUT2D eigenvalue weighted by molar-refractivity contribution is -0.384. The number of nitrogens with zero attached hydrogens (tertiary/aromatic N) is 1. The number of non-ortho nitro benzene ring substituents is 1. The SMILES string of the molecule is CC(C)(C)CC(C)(C)NC(=O)C(=O)Nc1cccc([N+](=O)[O-])c1. The second-order valence-corrected chi connectivity index (χ2v) is 7.34. The second-order valence-electron chi connectivity index (χ2n) is 7.34. The van der Waals surface area contributed by atoms with Crippen LogP contribution in [0, 0.1) is 15.5 Å². The highest BCUT2D eigenvalue weighted by Gasteiger charge is 2.29. The smallest absolute Gasteiger partial charge is 0.313 e. The van der Waals surface area contributed by atoms with Gasteiger partial charge in [0.15, 0.2) is 0 Å². The molecule has 0 radical (unpaired) electrons. The molecule has 1 rings (SSSR count). The summed E-state index contributed by atoms with van der Waals surface area (Å²) in [6.45, 7) is 9.83. The van der Waals surface area contributed by atoms with E-state index in [1.165, 1.54) is 24.3 Å². The third-order valence-corrected chi connectivity index (χ3v) is 2.95. The number of anilines is 1. The summed E-state index contributed by atoms with van der Waals surface area (Å²) in [6.07, 6.45) is 0.690. The van der Waals surface area contributed by atoms with Gasteiger partial charge in [0, 0.05) is 23.4 Å². The predicted molar refractivity (Wildman–Crippen MR) is 88.0 cm³/mol. The number of carbonyl (C=O) groups is 2. The summed E-state index contributed by atoms with van der Waals surface area (Å²) in [5, 5.41) is 15.8. The normalized spacial score (nSPS) is 11.7. The van der Waals surface area contributed by atoms with Gasteiger partial charge in [-0.15, -0.1) is 0 Å². The molecule has 126 valence electrons. The molecule has 0 saturated heterocycles. The van der Waals surface area contributed by atoms with E-state index in [2.05, 4.69) is 10.6 Å². The van der Waals surface area contributed by atoms with Gasteiger partial charge in [0.1, 0.15) is 0 Å². The van der Waals surface area contributed by atoms with Crippen LogP contribution < -0.4 is 10.6 Å². The number of hydrogen-bond donors (Lipinski definition) is 2.